The summed E-state index contributed by atoms with van der Waals surface area (Å²) in [6, 6.07) is 14.1. The summed E-state index contributed by atoms with van der Waals surface area (Å²) in [6.07, 6.45) is 0. The van der Waals surface area contributed by atoms with Crippen LogP contribution in [-0.2, 0) is 4.79 Å². The van der Waals surface area contributed by atoms with E-state index in [0.717, 1.165) is 12.2 Å². The molecule has 0 bridgehead atoms. The zero-order valence-electron chi connectivity index (χ0n) is 14.9. The number of hydrogen-bond acceptors (Lipinski definition) is 4. The highest BCUT2D eigenvalue weighted by atomic mass is 16.5. The quantitative estimate of drug-likeness (QED) is 0.866. The third-order valence-electron chi connectivity index (χ3n) is 3.96. The molecule has 3 amide bonds. The first-order valence-electron chi connectivity index (χ1n) is 8.38. The lowest BCUT2D eigenvalue weighted by Crippen LogP contribution is -2.42. The Morgan fingerprint density at radius 2 is 1.85 bits per heavy atom. The van der Waals surface area contributed by atoms with Gasteiger partial charge in [0.15, 0.2) is 6.61 Å². The fourth-order valence-corrected chi connectivity index (χ4v) is 2.64. The van der Waals surface area contributed by atoms with Crippen molar-refractivity contribution in [2.24, 2.45) is 0 Å². The summed E-state index contributed by atoms with van der Waals surface area (Å²) in [5.74, 6) is 0.516. The molecule has 7 nitrogen and oxygen atoms in total. The summed E-state index contributed by atoms with van der Waals surface area (Å²) in [5, 5.41) is 5.53. The fraction of sp³-hybridized carbons (Fsp3) is 0.263. The van der Waals surface area contributed by atoms with Crippen molar-refractivity contribution in [1.82, 2.24) is 4.90 Å². The largest absolute Gasteiger partial charge is 0.481 e. The second kappa shape index (κ2) is 7.88. The predicted molar refractivity (Wildman–Crippen MR) is 102 cm³/mol. The average molecular weight is 354 g/mol. The van der Waals surface area contributed by atoms with Gasteiger partial charge in [0.1, 0.15) is 5.75 Å². The first kappa shape index (κ1) is 17.8. The number of anilines is 3. The summed E-state index contributed by atoms with van der Waals surface area (Å²) in [6.45, 7) is 1.34. The summed E-state index contributed by atoms with van der Waals surface area (Å²) in [4.78, 5) is 28.0. The zero-order chi connectivity index (χ0) is 18.5. The van der Waals surface area contributed by atoms with Crippen LogP contribution in [0.1, 0.15) is 0 Å². The molecule has 136 valence electrons. The number of hydrogen-bond donors (Lipinski definition) is 2. The van der Waals surface area contributed by atoms with Gasteiger partial charge in [0.2, 0.25) is 0 Å². The van der Waals surface area contributed by atoms with Crippen molar-refractivity contribution in [3.63, 3.8) is 0 Å². The number of likely N-dealkylation sites (N-methyl/N-ethyl adjacent to an activating group) is 1. The highest BCUT2D eigenvalue weighted by molar-refractivity contribution is 6.01. The van der Waals surface area contributed by atoms with Crippen LogP contribution in [0, 0.1) is 0 Å². The van der Waals surface area contributed by atoms with E-state index in [0.29, 0.717) is 23.7 Å². The molecule has 0 aromatic heterocycles. The molecule has 0 saturated carbocycles. The second-order valence-corrected chi connectivity index (χ2v) is 6.26. The number of carbonyl (C=O) groups excluding carboxylic acids is 2. The number of nitrogens with one attached hydrogen (secondary N) is 2. The molecule has 7 heteroatoms. The molecule has 0 radical (unpaired) electrons. The summed E-state index contributed by atoms with van der Waals surface area (Å²) in [5.41, 5.74) is 2.02. The number of rotatable bonds is 5. The number of para-hydroxylation sites is 1. The Hall–Kier alpha value is -3.06. The summed E-state index contributed by atoms with van der Waals surface area (Å²) < 4.78 is 5.54. The van der Waals surface area contributed by atoms with E-state index in [1.54, 1.807) is 23.1 Å². The SMILES string of the molecule is CN(C)CCN1C(=O)COc2cc(NC(=O)Nc3ccccc3)ccc21. The van der Waals surface area contributed by atoms with Crippen molar-refractivity contribution >= 4 is 29.0 Å². The maximum Gasteiger partial charge on any atom is 0.323 e. The third-order valence-corrected chi connectivity index (χ3v) is 3.96. The van der Waals surface area contributed by atoms with Gasteiger partial charge >= 0.3 is 6.03 Å². The molecule has 2 N–H and O–H groups in total. The summed E-state index contributed by atoms with van der Waals surface area (Å²) >= 11 is 0. The number of benzene rings is 2. The van der Waals surface area contributed by atoms with Crippen LogP contribution in [-0.4, -0.2) is 50.6 Å². The highest BCUT2D eigenvalue weighted by Crippen LogP contribution is 2.34. The van der Waals surface area contributed by atoms with Gasteiger partial charge in [-0.2, -0.15) is 0 Å². The molecule has 0 aliphatic carbocycles. The molecule has 0 spiro atoms. The average Bonchev–Trinajstić information content (AvgIpc) is 2.61. The Bertz CT molecular complexity index is 793. The van der Waals surface area contributed by atoms with E-state index in [2.05, 4.69) is 10.6 Å². The van der Waals surface area contributed by atoms with Gasteiger partial charge in [0.05, 0.1) is 5.69 Å². The van der Waals surface area contributed by atoms with E-state index in [9.17, 15) is 9.59 Å². The molecule has 0 atom stereocenters. The minimum absolute atomic E-state index is 0.0000929. The molecule has 1 heterocycles. The maximum absolute atomic E-state index is 12.1. The van der Waals surface area contributed by atoms with E-state index in [4.69, 9.17) is 4.74 Å². The van der Waals surface area contributed by atoms with Crippen LogP contribution >= 0.6 is 0 Å². The number of carbonyl (C=O) groups is 2. The van der Waals surface area contributed by atoms with Gasteiger partial charge in [0.25, 0.3) is 5.91 Å². The maximum atomic E-state index is 12.1. The van der Waals surface area contributed by atoms with Gasteiger partial charge in [-0.1, -0.05) is 18.2 Å². The van der Waals surface area contributed by atoms with E-state index in [1.165, 1.54) is 0 Å². The number of urea groups is 1. The van der Waals surface area contributed by atoms with Crippen LogP contribution in [0.5, 0.6) is 5.75 Å². The van der Waals surface area contributed by atoms with Gasteiger partial charge in [-0.15, -0.1) is 0 Å². The van der Waals surface area contributed by atoms with E-state index < -0.39 is 0 Å². The van der Waals surface area contributed by atoms with E-state index >= 15 is 0 Å². The first-order chi connectivity index (χ1) is 12.5. The molecule has 0 unspecified atom stereocenters. The predicted octanol–water partition coefficient (Wildman–Crippen LogP) is 2.62. The van der Waals surface area contributed by atoms with E-state index in [1.807, 2.05) is 49.3 Å². The normalized spacial score (nSPS) is 13.2. The molecule has 3 rings (SSSR count). The highest BCUT2D eigenvalue weighted by Gasteiger charge is 2.25. The second-order valence-electron chi connectivity index (χ2n) is 6.26. The molecular weight excluding hydrogens is 332 g/mol. The van der Waals surface area contributed by atoms with E-state index in [-0.39, 0.29) is 18.5 Å². The van der Waals surface area contributed by atoms with Crippen LogP contribution in [0.3, 0.4) is 0 Å². The number of amides is 3. The van der Waals surface area contributed by atoms with Gasteiger partial charge in [-0.3, -0.25) is 4.79 Å². The first-order valence-corrected chi connectivity index (χ1v) is 8.38. The molecule has 2 aromatic carbocycles. The van der Waals surface area contributed by atoms with Gasteiger partial charge < -0.3 is 25.2 Å². The van der Waals surface area contributed by atoms with Crippen molar-refractivity contribution in [3.8, 4) is 5.75 Å². The van der Waals surface area contributed by atoms with Crippen molar-refractivity contribution < 1.29 is 14.3 Å². The lowest BCUT2D eigenvalue weighted by molar-refractivity contribution is -0.121. The fourth-order valence-electron chi connectivity index (χ4n) is 2.64. The Morgan fingerprint density at radius 3 is 2.58 bits per heavy atom. The minimum atomic E-state index is -0.340. The monoisotopic (exact) mass is 354 g/mol. The third kappa shape index (κ3) is 4.31. The molecule has 0 fully saturated rings. The molecule has 1 aliphatic rings. The van der Waals surface area contributed by atoms with Gasteiger partial charge in [-0.05, 0) is 38.4 Å². The van der Waals surface area contributed by atoms with Crippen LogP contribution in [0.2, 0.25) is 0 Å². The topological polar surface area (TPSA) is 73.9 Å². The molecular formula is C19H22N4O3. The van der Waals surface area contributed by atoms with Gasteiger partial charge in [0, 0.05) is 30.5 Å². The number of ether oxygens (including phenoxy) is 1. The Labute approximate surface area is 152 Å². The van der Waals surface area contributed by atoms with Crippen molar-refractivity contribution in [2.45, 2.75) is 0 Å². The van der Waals surface area contributed by atoms with Crippen LogP contribution in [0.25, 0.3) is 0 Å². The number of nitrogens with zero attached hydrogens (tertiary/aromatic N) is 2. The van der Waals surface area contributed by atoms with Crippen LogP contribution in [0.4, 0.5) is 21.9 Å². The Kier molecular flexibility index (Phi) is 5.38. The van der Waals surface area contributed by atoms with Gasteiger partial charge in [-0.25, -0.2) is 4.79 Å². The summed E-state index contributed by atoms with van der Waals surface area (Å²) in [7, 11) is 3.93. The zero-order valence-corrected chi connectivity index (χ0v) is 14.9. The standard InChI is InChI=1S/C19H22N4O3/c1-22(2)10-11-23-16-9-8-15(12-17(16)26-13-18(23)24)21-19(25)20-14-6-4-3-5-7-14/h3-9,12H,10-11,13H2,1-2H3,(H2,20,21,25). The molecule has 1 aliphatic heterocycles. The van der Waals surface area contributed by atoms with Crippen LogP contribution < -0.4 is 20.3 Å². The van der Waals surface area contributed by atoms with Crippen molar-refractivity contribution in [3.05, 3.63) is 48.5 Å². The molecule has 2 aromatic rings. The lowest BCUT2D eigenvalue weighted by Gasteiger charge is -2.30. The lowest BCUT2D eigenvalue weighted by atomic mass is 10.2. The minimum Gasteiger partial charge on any atom is -0.481 e. The van der Waals surface area contributed by atoms with Crippen LogP contribution in [0.15, 0.2) is 48.5 Å². The smallest absolute Gasteiger partial charge is 0.323 e. The Balaban J connectivity index is 1.70. The Morgan fingerprint density at radius 1 is 1.12 bits per heavy atom. The molecule has 0 saturated heterocycles. The van der Waals surface area contributed by atoms with Crippen molar-refractivity contribution in [1.29, 1.82) is 0 Å². The van der Waals surface area contributed by atoms with Crippen molar-refractivity contribution in [2.75, 3.05) is 49.3 Å². The molecule has 26 heavy (non-hydrogen) atoms. The number of fused-ring (bicyclic) bond motifs is 1.